The van der Waals surface area contributed by atoms with E-state index in [4.69, 9.17) is 0 Å². The smallest absolute Gasteiger partial charge is 0.144 e. The lowest BCUT2D eigenvalue weighted by molar-refractivity contribution is -0.124. The molecule has 1 atom stereocenters. The van der Waals surface area contributed by atoms with Crippen LogP contribution in [0.4, 0.5) is 0 Å². The molecule has 1 nitrogen and oxygen atoms in total. The molecule has 1 rings (SSSR count). The Morgan fingerprint density at radius 1 is 1.64 bits per heavy atom. The van der Waals surface area contributed by atoms with E-state index in [0.717, 1.165) is 18.4 Å². The van der Waals surface area contributed by atoms with Gasteiger partial charge in [-0.1, -0.05) is 32.1 Å². The Labute approximate surface area is 86.9 Å². The molecule has 0 N–H and O–H groups in total. The lowest BCUT2D eigenvalue weighted by Gasteiger charge is -2.39. The minimum Gasteiger partial charge on any atom is -0.299 e. The number of rotatable bonds is 3. The number of hydrogen-bond acceptors (Lipinski definition) is 1. The fraction of sp³-hybridized carbons (Fsp3) is 0.615. The Morgan fingerprint density at radius 2 is 2.29 bits per heavy atom. The maximum Gasteiger partial charge on any atom is 0.144 e. The monoisotopic (exact) mass is 192 g/mol. The predicted molar refractivity (Wildman–Crippen MR) is 60.1 cm³/mol. The molecule has 1 aliphatic rings. The van der Waals surface area contributed by atoms with E-state index in [2.05, 4.69) is 27.0 Å². The fourth-order valence-electron chi connectivity index (χ4n) is 2.54. The van der Waals surface area contributed by atoms with Gasteiger partial charge in [-0.15, -0.1) is 6.58 Å². The maximum absolute atomic E-state index is 11.9. The molecule has 1 unspecified atom stereocenters. The summed E-state index contributed by atoms with van der Waals surface area (Å²) in [7, 11) is 0. The first-order valence-corrected chi connectivity index (χ1v) is 5.30. The average molecular weight is 192 g/mol. The van der Waals surface area contributed by atoms with Crippen LogP contribution in [-0.2, 0) is 4.79 Å². The van der Waals surface area contributed by atoms with Crippen molar-refractivity contribution in [1.29, 1.82) is 0 Å². The van der Waals surface area contributed by atoms with Crippen LogP contribution in [0.5, 0.6) is 0 Å². The molecule has 1 heteroatoms. The number of carbonyl (C=O) groups is 1. The van der Waals surface area contributed by atoms with Gasteiger partial charge in [0.2, 0.25) is 0 Å². The normalized spacial score (nSPS) is 25.9. The van der Waals surface area contributed by atoms with Crippen molar-refractivity contribution in [3.05, 3.63) is 24.8 Å². The van der Waals surface area contributed by atoms with Crippen LogP contribution in [0.3, 0.4) is 0 Å². The number of allylic oxidation sites excluding steroid dienone is 2. The number of ketones is 1. The molecular formula is C13H20O. The molecule has 0 amide bonds. The first-order chi connectivity index (χ1) is 6.49. The summed E-state index contributed by atoms with van der Waals surface area (Å²) in [4.78, 5) is 11.9. The summed E-state index contributed by atoms with van der Waals surface area (Å²) in [5, 5.41) is 0. The highest BCUT2D eigenvalue weighted by Gasteiger charge is 2.38. The van der Waals surface area contributed by atoms with E-state index in [0.29, 0.717) is 6.42 Å². The minimum absolute atomic E-state index is 0.0502. The summed E-state index contributed by atoms with van der Waals surface area (Å²) >= 11 is 0. The van der Waals surface area contributed by atoms with Crippen molar-refractivity contribution >= 4 is 5.78 Å². The number of hydrogen-bond donors (Lipinski definition) is 0. The lowest BCUT2D eigenvalue weighted by atomic mass is 9.65. The minimum atomic E-state index is 0.0502. The average Bonchev–Trinajstić information content (AvgIpc) is 2.02. The Morgan fingerprint density at radius 3 is 2.79 bits per heavy atom. The van der Waals surface area contributed by atoms with Crippen LogP contribution >= 0.6 is 0 Å². The molecular weight excluding hydrogens is 172 g/mol. The molecule has 0 saturated heterocycles. The van der Waals surface area contributed by atoms with Gasteiger partial charge >= 0.3 is 0 Å². The number of Topliss-reactive ketones (excluding diaryl/α,β-unsaturated/α-hetero) is 1. The van der Waals surface area contributed by atoms with Gasteiger partial charge in [-0.25, -0.2) is 0 Å². The predicted octanol–water partition coefficient (Wildman–Crippen LogP) is 3.51. The molecule has 0 aliphatic heterocycles. The van der Waals surface area contributed by atoms with Crippen LogP contribution in [0.25, 0.3) is 0 Å². The van der Waals surface area contributed by atoms with Gasteiger partial charge in [0.05, 0.1) is 0 Å². The van der Waals surface area contributed by atoms with E-state index < -0.39 is 0 Å². The highest BCUT2D eigenvalue weighted by atomic mass is 16.1. The standard InChI is InChI=1S/C13H20O/c1-5-7-11(14)12-10(2)8-6-9-13(12,3)4/h5,12H,1-2,6-9H2,3-4H3. The third-order valence-electron chi connectivity index (χ3n) is 3.18. The first-order valence-electron chi connectivity index (χ1n) is 5.30. The SMILES string of the molecule is C=CCC(=O)C1C(=C)CCCC1(C)C. The van der Waals surface area contributed by atoms with Crippen LogP contribution in [0, 0.1) is 11.3 Å². The van der Waals surface area contributed by atoms with E-state index in [1.165, 1.54) is 6.42 Å². The van der Waals surface area contributed by atoms with E-state index >= 15 is 0 Å². The van der Waals surface area contributed by atoms with Crippen LogP contribution in [0.15, 0.2) is 24.8 Å². The van der Waals surface area contributed by atoms with Crippen molar-refractivity contribution in [1.82, 2.24) is 0 Å². The molecule has 0 aromatic carbocycles. The summed E-state index contributed by atoms with van der Waals surface area (Å²) in [6.45, 7) is 12.0. The molecule has 1 fully saturated rings. The lowest BCUT2D eigenvalue weighted by Crippen LogP contribution is -2.35. The van der Waals surface area contributed by atoms with Gasteiger partial charge < -0.3 is 0 Å². The number of carbonyl (C=O) groups excluding carboxylic acids is 1. The molecule has 1 saturated carbocycles. The van der Waals surface area contributed by atoms with Gasteiger partial charge in [-0.3, -0.25) is 4.79 Å². The fourth-order valence-corrected chi connectivity index (χ4v) is 2.54. The van der Waals surface area contributed by atoms with Crippen LogP contribution < -0.4 is 0 Å². The molecule has 1 aliphatic carbocycles. The summed E-state index contributed by atoms with van der Waals surface area (Å²) in [5.74, 6) is 0.337. The Bertz CT molecular complexity index is 260. The summed E-state index contributed by atoms with van der Waals surface area (Å²) in [6, 6.07) is 0. The molecule has 0 radical (unpaired) electrons. The summed E-state index contributed by atoms with van der Waals surface area (Å²) < 4.78 is 0. The highest BCUT2D eigenvalue weighted by molar-refractivity contribution is 5.85. The van der Waals surface area contributed by atoms with E-state index in [-0.39, 0.29) is 17.1 Å². The van der Waals surface area contributed by atoms with Crippen molar-refractivity contribution in [2.45, 2.75) is 39.5 Å². The quantitative estimate of drug-likeness (QED) is 0.625. The first kappa shape index (κ1) is 11.2. The molecule has 0 spiro atoms. The second-order valence-electron chi connectivity index (χ2n) is 4.89. The van der Waals surface area contributed by atoms with Crippen LogP contribution in [0.2, 0.25) is 0 Å². The molecule has 78 valence electrons. The van der Waals surface area contributed by atoms with Crippen molar-refractivity contribution in [2.24, 2.45) is 11.3 Å². The molecule has 14 heavy (non-hydrogen) atoms. The highest BCUT2D eigenvalue weighted by Crippen LogP contribution is 2.43. The van der Waals surface area contributed by atoms with Crippen molar-refractivity contribution < 1.29 is 4.79 Å². The van der Waals surface area contributed by atoms with Gasteiger partial charge in [-0.05, 0) is 24.7 Å². The largest absolute Gasteiger partial charge is 0.299 e. The van der Waals surface area contributed by atoms with Gasteiger partial charge in [0.25, 0.3) is 0 Å². The zero-order chi connectivity index (χ0) is 10.8. The Hall–Kier alpha value is -0.850. The summed E-state index contributed by atoms with van der Waals surface area (Å²) in [5.41, 5.74) is 1.21. The van der Waals surface area contributed by atoms with E-state index in [1.807, 2.05) is 0 Å². The van der Waals surface area contributed by atoms with Gasteiger partial charge in [0, 0.05) is 12.3 Å². The molecule has 0 aromatic rings. The van der Waals surface area contributed by atoms with Gasteiger partial charge in [-0.2, -0.15) is 0 Å². The summed E-state index contributed by atoms with van der Waals surface area (Å²) in [6.07, 6.45) is 5.48. The van der Waals surface area contributed by atoms with Gasteiger partial charge in [0.15, 0.2) is 0 Å². The van der Waals surface area contributed by atoms with Gasteiger partial charge in [0.1, 0.15) is 5.78 Å². The topological polar surface area (TPSA) is 17.1 Å². The third-order valence-corrected chi connectivity index (χ3v) is 3.18. The van der Waals surface area contributed by atoms with Crippen LogP contribution in [0.1, 0.15) is 39.5 Å². The third kappa shape index (κ3) is 2.14. The van der Waals surface area contributed by atoms with Crippen LogP contribution in [-0.4, -0.2) is 5.78 Å². The zero-order valence-corrected chi connectivity index (χ0v) is 9.31. The second kappa shape index (κ2) is 4.12. The maximum atomic E-state index is 11.9. The Balaban J connectivity index is 2.84. The Kier molecular flexibility index (Phi) is 3.30. The molecule has 0 aromatic heterocycles. The second-order valence-corrected chi connectivity index (χ2v) is 4.89. The molecule has 0 bridgehead atoms. The van der Waals surface area contributed by atoms with E-state index in [1.54, 1.807) is 6.08 Å². The van der Waals surface area contributed by atoms with Crippen molar-refractivity contribution in [3.8, 4) is 0 Å². The van der Waals surface area contributed by atoms with Crippen molar-refractivity contribution in [3.63, 3.8) is 0 Å². The zero-order valence-electron chi connectivity index (χ0n) is 9.31. The molecule has 0 heterocycles. The van der Waals surface area contributed by atoms with E-state index in [9.17, 15) is 4.79 Å². The van der Waals surface area contributed by atoms with Crippen molar-refractivity contribution in [2.75, 3.05) is 0 Å².